The maximum atomic E-state index is 11.8. The molecule has 1 N–H and O–H groups in total. The Morgan fingerprint density at radius 1 is 0.812 bits per heavy atom. The van der Waals surface area contributed by atoms with Crippen molar-refractivity contribution in [1.29, 1.82) is 0 Å². The minimum absolute atomic E-state index is 0.0815. The van der Waals surface area contributed by atoms with E-state index in [4.69, 9.17) is 33.2 Å². The molecule has 12 nitrogen and oxygen atoms in total. The normalized spacial score (nSPS) is 25.0. The van der Waals surface area contributed by atoms with Crippen molar-refractivity contribution >= 4 is 23.8 Å². The highest BCUT2D eigenvalue weighted by Gasteiger charge is 2.51. The Bertz CT molecular complexity index is 627. The summed E-state index contributed by atoms with van der Waals surface area (Å²) >= 11 is 0. The molecule has 32 heavy (non-hydrogen) atoms. The molecule has 0 saturated carbocycles. The van der Waals surface area contributed by atoms with Crippen molar-refractivity contribution in [3.8, 4) is 0 Å². The van der Waals surface area contributed by atoms with Gasteiger partial charge in [-0.2, -0.15) is 0 Å². The van der Waals surface area contributed by atoms with Gasteiger partial charge in [-0.1, -0.05) is 0 Å². The van der Waals surface area contributed by atoms with Crippen LogP contribution >= 0.6 is 0 Å². The molecule has 12 heteroatoms. The first-order valence-corrected chi connectivity index (χ1v) is 10.3. The number of esters is 3. The number of ether oxygens (including phenoxy) is 7. The van der Waals surface area contributed by atoms with Crippen LogP contribution in [0.4, 0.5) is 0 Å². The molecule has 1 rings (SSSR count). The predicted molar refractivity (Wildman–Crippen MR) is 107 cm³/mol. The number of carbonyl (C=O) groups excluding carboxylic acids is 4. The van der Waals surface area contributed by atoms with Gasteiger partial charge in [-0.05, 0) is 6.92 Å². The quantitative estimate of drug-likeness (QED) is 0.218. The first-order chi connectivity index (χ1) is 15.1. The third-order valence-corrected chi connectivity index (χ3v) is 4.16. The lowest BCUT2D eigenvalue weighted by atomic mass is 9.96. The van der Waals surface area contributed by atoms with Crippen molar-refractivity contribution in [1.82, 2.24) is 5.32 Å². The van der Waals surface area contributed by atoms with Crippen LogP contribution in [0, 0.1) is 0 Å². The Kier molecular flexibility index (Phi) is 12.8. The van der Waals surface area contributed by atoms with Gasteiger partial charge in [0, 0.05) is 34.3 Å². The van der Waals surface area contributed by atoms with Gasteiger partial charge in [0.05, 0.1) is 26.4 Å². The molecule has 1 fully saturated rings. The van der Waals surface area contributed by atoms with Gasteiger partial charge >= 0.3 is 17.9 Å². The first kappa shape index (κ1) is 27.8. The Labute approximate surface area is 187 Å². The van der Waals surface area contributed by atoms with Crippen molar-refractivity contribution in [2.24, 2.45) is 0 Å². The monoisotopic (exact) mass is 463 g/mol. The largest absolute Gasteiger partial charge is 0.463 e. The fourth-order valence-electron chi connectivity index (χ4n) is 3.02. The van der Waals surface area contributed by atoms with E-state index in [0.29, 0.717) is 19.8 Å². The fraction of sp³-hybridized carbons (Fsp3) is 0.800. The molecule has 0 aliphatic carbocycles. The van der Waals surface area contributed by atoms with E-state index in [9.17, 15) is 19.2 Å². The van der Waals surface area contributed by atoms with E-state index in [0.717, 1.165) is 0 Å². The molecule has 0 radical (unpaired) electrons. The predicted octanol–water partition coefficient (Wildman–Crippen LogP) is -0.288. The Balaban J connectivity index is 3.01. The molecule has 0 aromatic heterocycles. The van der Waals surface area contributed by atoms with Gasteiger partial charge in [-0.3, -0.25) is 19.2 Å². The van der Waals surface area contributed by atoms with Crippen LogP contribution in [0.15, 0.2) is 0 Å². The second-order valence-electron chi connectivity index (χ2n) is 6.90. The van der Waals surface area contributed by atoms with E-state index >= 15 is 0 Å². The smallest absolute Gasteiger partial charge is 0.303 e. The summed E-state index contributed by atoms with van der Waals surface area (Å²) in [5.41, 5.74) is 0. The highest BCUT2D eigenvalue weighted by molar-refractivity contribution is 5.73. The van der Waals surface area contributed by atoms with Crippen molar-refractivity contribution in [3.05, 3.63) is 0 Å². The second kappa shape index (κ2) is 14.7. The lowest BCUT2D eigenvalue weighted by Gasteiger charge is -2.44. The molecule has 1 aliphatic heterocycles. The van der Waals surface area contributed by atoms with Crippen LogP contribution in [-0.2, 0) is 52.3 Å². The van der Waals surface area contributed by atoms with Crippen molar-refractivity contribution < 1.29 is 52.3 Å². The van der Waals surface area contributed by atoms with Gasteiger partial charge in [0.2, 0.25) is 5.91 Å². The molecule has 0 bridgehead atoms. The van der Waals surface area contributed by atoms with Gasteiger partial charge in [-0.25, -0.2) is 0 Å². The molecule has 0 aromatic carbocycles. The van der Waals surface area contributed by atoms with E-state index in [2.05, 4.69) is 5.32 Å². The molecular weight excluding hydrogens is 430 g/mol. The van der Waals surface area contributed by atoms with E-state index in [1.54, 1.807) is 0 Å². The van der Waals surface area contributed by atoms with Gasteiger partial charge in [0.1, 0.15) is 18.8 Å². The zero-order valence-electron chi connectivity index (χ0n) is 19.1. The average Bonchev–Trinajstić information content (AvgIpc) is 2.68. The summed E-state index contributed by atoms with van der Waals surface area (Å²) < 4.78 is 37.9. The van der Waals surface area contributed by atoms with Gasteiger partial charge < -0.3 is 38.5 Å². The molecule has 1 heterocycles. The SMILES string of the molecule is CCOCCOCCO[C@@H]1OC(COC(C)=O)[C@H](OC(C)=O)[C@H](OC(C)=O)C1NC(C)=O. The highest BCUT2D eigenvalue weighted by atomic mass is 16.7. The summed E-state index contributed by atoms with van der Waals surface area (Å²) in [7, 11) is 0. The molecule has 1 saturated heterocycles. The molecule has 1 amide bonds. The molecule has 5 atom stereocenters. The van der Waals surface area contributed by atoms with Crippen molar-refractivity contribution in [2.45, 2.75) is 65.3 Å². The van der Waals surface area contributed by atoms with Gasteiger partial charge in [0.15, 0.2) is 18.5 Å². The van der Waals surface area contributed by atoms with Crippen LogP contribution in [0.2, 0.25) is 0 Å². The molecule has 0 aromatic rings. The molecule has 2 unspecified atom stereocenters. The highest BCUT2D eigenvalue weighted by Crippen LogP contribution is 2.28. The summed E-state index contributed by atoms with van der Waals surface area (Å²) in [6, 6.07) is -1.00. The van der Waals surface area contributed by atoms with Crippen molar-refractivity contribution in [2.75, 3.05) is 39.6 Å². The third kappa shape index (κ3) is 10.4. The summed E-state index contributed by atoms with van der Waals surface area (Å²) in [5.74, 6) is -2.37. The van der Waals surface area contributed by atoms with Crippen LogP contribution < -0.4 is 5.32 Å². The zero-order valence-corrected chi connectivity index (χ0v) is 19.1. The number of amides is 1. The molecule has 184 valence electrons. The number of rotatable bonds is 13. The second-order valence-corrected chi connectivity index (χ2v) is 6.90. The van der Waals surface area contributed by atoms with Crippen LogP contribution in [0.25, 0.3) is 0 Å². The molecule has 0 spiro atoms. The standard InChI is InChI=1S/C20H33NO11/c1-6-26-7-8-27-9-10-28-20-17(21-12(2)22)19(31-15(5)25)18(30-14(4)24)16(32-20)11-29-13(3)23/h16-20H,6-11H2,1-5H3,(H,21,22)/t16?,17?,18-,19+,20+/m0/s1. The van der Waals surface area contributed by atoms with E-state index < -0.39 is 54.5 Å². The number of hydrogen-bond acceptors (Lipinski definition) is 11. The summed E-state index contributed by atoms with van der Waals surface area (Å²) in [4.78, 5) is 46.6. The number of hydrogen-bond donors (Lipinski definition) is 1. The van der Waals surface area contributed by atoms with Gasteiger partial charge in [-0.15, -0.1) is 0 Å². The fourth-order valence-corrected chi connectivity index (χ4v) is 3.02. The Hall–Kier alpha value is -2.28. The van der Waals surface area contributed by atoms with Crippen LogP contribution in [-0.4, -0.2) is 94.1 Å². The minimum atomic E-state index is -1.16. The Morgan fingerprint density at radius 3 is 1.97 bits per heavy atom. The third-order valence-electron chi connectivity index (χ3n) is 4.16. The minimum Gasteiger partial charge on any atom is -0.463 e. The molecule has 1 aliphatic rings. The van der Waals surface area contributed by atoms with E-state index in [1.807, 2.05) is 6.92 Å². The maximum Gasteiger partial charge on any atom is 0.303 e. The molecular formula is C20H33NO11. The summed E-state index contributed by atoms with van der Waals surface area (Å²) in [5, 5.41) is 2.62. The first-order valence-electron chi connectivity index (χ1n) is 10.3. The van der Waals surface area contributed by atoms with Crippen LogP contribution in [0.1, 0.15) is 34.6 Å². The van der Waals surface area contributed by atoms with Gasteiger partial charge in [0.25, 0.3) is 0 Å². The number of nitrogens with one attached hydrogen (secondary N) is 1. The lowest BCUT2D eigenvalue weighted by Crippen LogP contribution is -2.66. The topological polar surface area (TPSA) is 145 Å². The maximum absolute atomic E-state index is 11.8. The lowest BCUT2D eigenvalue weighted by molar-refractivity contribution is -0.279. The van der Waals surface area contributed by atoms with E-state index in [1.165, 1.54) is 27.7 Å². The van der Waals surface area contributed by atoms with Crippen LogP contribution in [0.3, 0.4) is 0 Å². The Morgan fingerprint density at radius 2 is 1.41 bits per heavy atom. The van der Waals surface area contributed by atoms with Crippen LogP contribution in [0.5, 0.6) is 0 Å². The average molecular weight is 463 g/mol. The summed E-state index contributed by atoms with van der Waals surface area (Å²) in [6.07, 6.45) is -4.43. The van der Waals surface area contributed by atoms with Crippen molar-refractivity contribution in [3.63, 3.8) is 0 Å². The summed E-state index contributed by atoms with van der Waals surface area (Å²) in [6.45, 7) is 8.09. The zero-order chi connectivity index (χ0) is 24.1. The number of carbonyl (C=O) groups is 4. The van der Waals surface area contributed by atoms with E-state index in [-0.39, 0.29) is 19.8 Å².